The molecule has 1 unspecified atom stereocenters. The van der Waals surface area contributed by atoms with Gasteiger partial charge in [-0.3, -0.25) is 9.48 Å². The number of carbonyl (C=O) groups excluding carboxylic acids is 1. The number of nitrogens with one attached hydrogen (secondary N) is 2. The van der Waals surface area contributed by atoms with E-state index in [0.29, 0.717) is 5.69 Å². The number of anilines is 1. The van der Waals surface area contributed by atoms with E-state index in [0.717, 1.165) is 30.8 Å². The van der Waals surface area contributed by atoms with Crippen LogP contribution in [0.15, 0.2) is 30.3 Å². The summed E-state index contributed by atoms with van der Waals surface area (Å²) in [5.74, 6) is -0.0594. The predicted molar refractivity (Wildman–Crippen MR) is 82.5 cm³/mol. The maximum Gasteiger partial charge on any atom is 0.269 e. The minimum Gasteiger partial charge on any atom is -0.383 e. The molecule has 1 aliphatic rings. The lowest BCUT2D eigenvalue weighted by atomic mass is 9.99. The van der Waals surface area contributed by atoms with Gasteiger partial charge in [-0.1, -0.05) is 25.1 Å². The lowest BCUT2D eigenvalue weighted by Crippen LogP contribution is -2.44. The molecular weight excluding hydrogens is 264 g/mol. The molecule has 1 aliphatic heterocycles. The van der Waals surface area contributed by atoms with E-state index in [1.807, 2.05) is 32.2 Å². The summed E-state index contributed by atoms with van der Waals surface area (Å²) < 4.78 is 1.65. The zero-order valence-electron chi connectivity index (χ0n) is 12.4. The standard InChI is InChI=1S/C16H20N4O/c1-3-12-9-15(20(2)19-12)16(21)18-13-8-11-6-4-5-7-14(11)17-10-13/h4-7,9,13,17H,3,8,10H2,1-2H3,(H,18,21). The van der Waals surface area contributed by atoms with Crippen molar-refractivity contribution in [3.8, 4) is 0 Å². The average molecular weight is 284 g/mol. The summed E-state index contributed by atoms with van der Waals surface area (Å²) in [6, 6.07) is 10.2. The Morgan fingerprint density at radius 3 is 3.05 bits per heavy atom. The van der Waals surface area contributed by atoms with Crippen LogP contribution in [0.4, 0.5) is 5.69 Å². The molecule has 5 nitrogen and oxygen atoms in total. The molecule has 2 N–H and O–H groups in total. The van der Waals surface area contributed by atoms with Crippen LogP contribution < -0.4 is 10.6 Å². The van der Waals surface area contributed by atoms with Gasteiger partial charge in [0.1, 0.15) is 5.69 Å². The number of nitrogens with zero attached hydrogens (tertiary/aromatic N) is 2. The molecule has 110 valence electrons. The smallest absolute Gasteiger partial charge is 0.269 e. The second-order valence-corrected chi connectivity index (χ2v) is 5.41. The molecule has 3 rings (SSSR count). The molecule has 0 saturated carbocycles. The van der Waals surface area contributed by atoms with E-state index in [2.05, 4.69) is 27.9 Å². The summed E-state index contributed by atoms with van der Waals surface area (Å²) in [5.41, 5.74) is 3.96. The minimum absolute atomic E-state index is 0.0594. The number of para-hydroxylation sites is 1. The number of aromatic nitrogens is 2. The lowest BCUT2D eigenvalue weighted by Gasteiger charge is -2.26. The molecule has 0 bridgehead atoms. The van der Waals surface area contributed by atoms with Crippen LogP contribution in [0.25, 0.3) is 0 Å². The number of rotatable bonds is 3. The first kappa shape index (κ1) is 13.7. The number of benzene rings is 1. The highest BCUT2D eigenvalue weighted by Crippen LogP contribution is 2.21. The van der Waals surface area contributed by atoms with E-state index in [1.54, 1.807) is 4.68 Å². The van der Waals surface area contributed by atoms with Gasteiger partial charge in [0.2, 0.25) is 0 Å². The van der Waals surface area contributed by atoms with Gasteiger partial charge >= 0.3 is 0 Å². The second kappa shape index (κ2) is 5.60. The van der Waals surface area contributed by atoms with Crippen molar-refractivity contribution >= 4 is 11.6 Å². The van der Waals surface area contributed by atoms with Gasteiger partial charge in [-0.05, 0) is 30.5 Å². The van der Waals surface area contributed by atoms with Crippen molar-refractivity contribution in [2.75, 3.05) is 11.9 Å². The fourth-order valence-corrected chi connectivity index (χ4v) is 2.71. The van der Waals surface area contributed by atoms with Gasteiger partial charge in [0.25, 0.3) is 5.91 Å². The Morgan fingerprint density at radius 1 is 1.48 bits per heavy atom. The summed E-state index contributed by atoms with van der Waals surface area (Å²) >= 11 is 0. The van der Waals surface area contributed by atoms with Crippen LogP contribution in [0.3, 0.4) is 0 Å². The Balaban J connectivity index is 1.70. The number of amides is 1. The highest BCUT2D eigenvalue weighted by Gasteiger charge is 2.21. The molecule has 5 heteroatoms. The number of hydrogen-bond donors (Lipinski definition) is 2. The molecular formula is C16H20N4O. The van der Waals surface area contributed by atoms with Gasteiger partial charge in [-0.2, -0.15) is 5.10 Å². The molecule has 1 aromatic heterocycles. The molecule has 21 heavy (non-hydrogen) atoms. The normalized spacial score (nSPS) is 17.0. The highest BCUT2D eigenvalue weighted by molar-refractivity contribution is 5.93. The average Bonchev–Trinajstić information content (AvgIpc) is 2.88. The Labute approximate surface area is 124 Å². The van der Waals surface area contributed by atoms with E-state index >= 15 is 0 Å². The topological polar surface area (TPSA) is 59.0 Å². The molecule has 0 saturated heterocycles. The van der Waals surface area contributed by atoms with Crippen LogP contribution in [0, 0.1) is 0 Å². The van der Waals surface area contributed by atoms with Crippen molar-refractivity contribution in [2.45, 2.75) is 25.8 Å². The van der Waals surface area contributed by atoms with Crippen molar-refractivity contribution in [3.05, 3.63) is 47.3 Å². The molecule has 0 aliphatic carbocycles. The van der Waals surface area contributed by atoms with Crippen molar-refractivity contribution in [2.24, 2.45) is 7.05 Å². The van der Waals surface area contributed by atoms with Crippen molar-refractivity contribution in [1.29, 1.82) is 0 Å². The monoisotopic (exact) mass is 284 g/mol. The molecule has 2 aromatic rings. The Bertz CT molecular complexity index is 662. The predicted octanol–water partition coefficient (Wildman–Crippen LogP) is 1.75. The fraction of sp³-hybridized carbons (Fsp3) is 0.375. The van der Waals surface area contributed by atoms with Crippen LogP contribution >= 0.6 is 0 Å². The van der Waals surface area contributed by atoms with Crippen LogP contribution in [0.2, 0.25) is 0 Å². The van der Waals surface area contributed by atoms with Crippen LogP contribution in [-0.2, 0) is 19.9 Å². The van der Waals surface area contributed by atoms with Crippen LogP contribution in [-0.4, -0.2) is 28.3 Å². The zero-order chi connectivity index (χ0) is 14.8. The fourth-order valence-electron chi connectivity index (χ4n) is 2.71. The number of fused-ring (bicyclic) bond motifs is 1. The van der Waals surface area contributed by atoms with Crippen LogP contribution in [0.1, 0.15) is 28.7 Å². The quantitative estimate of drug-likeness (QED) is 0.903. The third kappa shape index (κ3) is 2.77. The summed E-state index contributed by atoms with van der Waals surface area (Å²) in [6.07, 6.45) is 1.69. The van der Waals surface area contributed by atoms with Gasteiger partial charge < -0.3 is 10.6 Å². The zero-order valence-corrected chi connectivity index (χ0v) is 12.4. The SMILES string of the molecule is CCc1cc(C(=O)NC2CNc3ccccc3C2)n(C)n1. The third-order valence-electron chi connectivity index (χ3n) is 3.88. The van der Waals surface area contributed by atoms with Gasteiger partial charge in [0.15, 0.2) is 0 Å². The minimum atomic E-state index is -0.0594. The summed E-state index contributed by atoms with van der Waals surface area (Å²) in [5, 5.41) is 10.8. The van der Waals surface area contributed by atoms with Crippen molar-refractivity contribution < 1.29 is 4.79 Å². The molecule has 1 atom stereocenters. The molecule has 1 amide bonds. The van der Waals surface area contributed by atoms with Gasteiger partial charge in [0.05, 0.1) is 11.7 Å². The molecule has 0 spiro atoms. The highest BCUT2D eigenvalue weighted by atomic mass is 16.2. The Kier molecular flexibility index (Phi) is 3.64. The van der Waals surface area contributed by atoms with Gasteiger partial charge in [-0.25, -0.2) is 0 Å². The maximum absolute atomic E-state index is 12.4. The first-order valence-corrected chi connectivity index (χ1v) is 7.33. The maximum atomic E-state index is 12.4. The first-order chi connectivity index (χ1) is 10.2. The Hall–Kier alpha value is -2.30. The molecule has 2 heterocycles. The van der Waals surface area contributed by atoms with Crippen LogP contribution in [0.5, 0.6) is 0 Å². The number of hydrogen-bond acceptors (Lipinski definition) is 3. The van der Waals surface area contributed by atoms with E-state index in [9.17, 15) is 4.79 Å². The van der Waals surface area contributed by atoms with Gasteiger partial charge in [0, 0.05) is 19.3 Å². The number of carbonyl (C=O) groups is 1. The summed E-state index contributed by atoms with van der Waals surface area (Å²) in [6.45, 7) is 2.78. The second-order valence-electron chi connectivity index (χ2n) is 5.41. The van der Waals surface area contributed by atoms with E-state index in [4.69, 9.17) is 0 Å². The summed E-state index contributed by atoms with van der Waals surface area (Å²) in [7, 11) is 1.81. The third-order valence-corrected chi connectivity index (χ3v) is 3.88. The molecule has 0 fully saturated rings. The van der Waals surface area contributed by atoms with Crippen molar-refractivity contribution in [3.63, 3.8) is 0 Å². The van der Waals surface area contributed by atoms with Crippen molar-refractivity contribution in [1.82, 2.24) is 15.1 Å². The van der Waals surface area contributed by atoms with E-state index in [1.165, 1.54) is 5.56 Å². The van der Waals surface area contributed by atoms with E-state index < -0.39 is 0 Å². The summed E-state index contributed by atoms with van der Waals surface area (Å²) in [4.78, 5) is 12.4. The largest absolute Gasteiger partial charge is 0.383 e. The first-order valence-electron chi connectivity index (χ1n) is 7.33. The molecule has 1 aromatic carbocycles. The van der Waals surface area contributed by atoms with Gasteiger partial charge in [-0.15, -0.1) is 0 Å². The molecule has 0 radical (unpaired) electrons. The lowest BCUT2D eigenvalue weighted by molar-refractivity contribution is 0.0929. The number of aryl methyl sites for hydroxylation is 2. The Morgan fingerprint density at radius 2 is 2.29 bits per heavy atom. The van der Waals surface area contributed by atoms with E-state index in [-0.39, 0.29) is 11.9 Å².